The molecule has 0 bridgehead atoms. The maximum atomic E-state index is 17.1. The first kappa shape index (κ1) is 25.6. The summed E-state index contributed by atoms with van der Waals surface area (Å²) in [5.41, 5.74) is -5.13. The van der Waals surface area contributed by atoms with Gasteiger partial charge in [-0.25, -0.2) is 4.39 Å². The van der Waals surface area contributed by atoms with Crippen molar-refractivity contribution in [2.45, 2.75) is 63.8 Å². The number of carbonyl (C=O) groups excluding carboxylic acids is 2. The van der Waals surface area contributed by atoms with Gasteiger partial charge in [-0.3, -0.25) is 9.59 Å². The molecule has 4 aliphatic carbocycles. The monoisotopic (exact) mass is 480 g/mol. The molecule has 0 aromatic heterocycles. The third kappa shape index (κ3) is 3.40. The van der Waals surface area contributed by atoms with Crippen molar-refractivity contribution >= 4 is 11.6 Å². The van der Waals surface area contributed by atoms with Gasteiger partial charge < -0.3 is 24.4 Å². The molecule has 0 spiro atoms. The predicted octanol–water partition coefficient (Wildman–Crippen LogP) is 2.54. The van der Waals surface area contributed by atoms with E-state index in [1.165, 1.54) is 12.2 Å². The van der Waals surface area contributed by atoms with Crippen molar-refractivity contribution in [2.75, 3.05) is 33.7 Å². The van der Waals surface area contributed by atoms with E-state index in [4.69, 9.17) is 14.2 Å². The molecule has 2 N–H and O–H groups in total. The second kappa shape index (κ2) is 8.89. The van der Waals surface area contributed by atoms with Crippen LogP contribution in [0, 0.1) is 28.6 Å². The summed E-state index contributed by atoms with van der Waals surface area (Å²) in [6.07, 6.45) is 4.53. The van der Waals surface area contributed by atoms with Crippen LogP contribution in [0.5, 0.6) is 0 Å². The Hall–Kier alpha value is -1.45. The number of alkyl halides is 1. The average Bonchev–Trinajstić information content (AvgIpc) is 2.99. The topological polar surface area (TPSA) is 102 Å². The minimum Gasteiger partial charge on any atom is -0.390 e. The van der Waals surface area contributed by atoms with E-state index in [0.717, 1.165) is 0 Å². The summed E-state index contributed by atoms with van der Waals surface area (Å²) in [4.78, 5) is 25.3. The van der Waals surface area contributed by atoms with Gasteiger partial charge in [0.25, 0.3) is 0 Å². The molecule has 3 fully saturated rings. The number of methoxy groups -OCH3 is 1. The lowest BCUT2D eigenvalue weighted by Crippen LogP contribution is -2.69. The third-order valence-corrected chi connectivity index (χ3v) is 9.48. The zero-order valence-electron chi connectivity index (χ0n) is 20.5. The van der Waals surface area contributed by atoms with Crippen LogP contribution >= 0.6 is 0 Å². The van der Waals surface area contributed by atoms with Crippen molar-refractivity contribution in [1.29, 1.82) is 0 Å². The standard InChI is InChI=1S/C26H37FO7/c1-16-11-20-19-6-5-17-12-18(28)7-8-23(17,2)25(19,27)21(29)13-24(20,3)26(16,31)22(30)14-34-15-33-10-9-32-4/h7-8,12,16,19-21,29,31H,5-6,9-11,13-15H2,1-4H3/t16-,19+,20+,21+,23+,24+,25+,26+/m1/s1. The molecule has 0 aliphatic heterocycles. The van der Waals surface area contributed by atoms with Crippen LogP contribution in [0.4, 0.5) is 4.39 Å². The molecule has 3 saturated carbocycles. The smallest absolute Gasteiger partial charge is 0.190 e. The Morgan fingerprint density at radius 3 is 2.68 bits per heavy atom. The molecule has 190 valence electrons. The summed E-state index contributed by atoms with van der Waals surface area (Å²) in [7, 11) is 1.56. The maximum Gasteiger partial charge on any atom is 0.190 e. The third-order valence-electron chi connectivity index (χ3n) is 9.48. The zero-order valence-corrected chi connectivity index (χ0v) is 20.5. The molecule has 34 heavy (non-hydrogen) atoms. The summed E-state index contributed by atoms with van der Waals surface area (Å²) in [6.45, 7) is 5.69. The van der Waals surface area contributed by atoms with Crippen LogP contribution in [0.1, 0.15) is 46.5 Å². The molecule has 0 radical (unpaired) electrons. The molecule has 4 rings (SSSR count). The van der Waals surface area contributed by atoms with E-state index in [0.29, 0.717) is 38.0 Å². The van der Waals surface area contributed by atoms with Crippen molar-refractivity contribution in [2.24, 2.45) is 28.6 Å². The van der Waals surface area contributed by atoms with E-state index < -0.39 is 45.8 Å². The number of rotatable bonds is 8. The van der Waals surface area contributed by atoms with Crippen LogP contribution in [-0.2, 0) is 23.8 Å². The zero-order chi connectivity index (χ0) is 24.9. The van der Waals surface area contributed by atoms with Crippen molar-refractivity contribution in [3.05, 3.63) is 23.8 Å². The first-order chi connectivity index (χ1) is 16.0. The summed E-state index contributed by atoms with van der Waals surface area (Å²) in [5, 5.41) is 23.2. The number of hydrogen-bond acceptors (Lipinski definition) is 7. The van der Waals surface area contributed by atoms with Gasteiger partial charge in [-0.15, -0.1) is 0 Å². The van der Waals surface area contributed by atoms with Gasteiger partial charge in [-0.1, -0.05) is 25.5 Å². The first-order valence-electron chi connectivity index (χ1n) is 12.2. The maximum absolute atomic E-state index is 17.1. The molecule has 4 aliphatic rings. The molecule has 0 aromatic rings. The number of hydrogen-bond donors (Lipinski definition) is 2. The normalized spacial score (nSPS) is 45.4. The Labute approximate surface area is 200 Å². The van der Waals surface area contributed by atoms with E-state index >= 15 is 4.39 Å². The summed E-state index contributed by atoms with van der Waals surface area (Å²) >= 11 is 0. The van der Waals surface area contributed by atoms with Gasteiger partial charge in [-0.2, -0.15) is 0 Å². The highest BCUT2D eigenvalue weighted by Gasteiger charge is 2.75. The minimum absolute atomic E-state index is 0.0494. The summed E-state index contributed by atoms with van der Waals surface area (Å²) in [6, 6.07) is 0. The number of aliphatic hydroxyl groups is 2. The molecule has 0 unspecified atom stereocenters. The highest BCUT2D eigenvalue weighted by atomic mass is 19.1. The van der Waals surface area contributed by atoms with Crippen LogP contribution in [0.3, 0.4) is 0 Å². The second-order valence-electron chi connectivity index (χ2n) is 11.0. The quantitative estimate of drug-likeness (QED) is 0.407. The van der Waals surface area contributed by atoms with E-state index in [-0.39, 0.29) is 31.5 Å². The molecule has 8 atom stereocenters. The Morgan fingerprint density at radius 1 is 1.24 bits per heavy atom. The molecule has 8 heteroatoms. The number of aliphatic hydroxyl groups excluding tert-OH is 1. The van der Waals surface area contributed by atoms with Crippen LogP contribution in [-0.4, -0.2) is 72.9 Å². The molecule has 0 heterocycles. The Bertz CT molecular complexity index is 902. The highest BCUT2D eigenvalue weighted by molar-refractivity contribution is 6.01. The van der Waals surface area contributed by atoms with Crippen LogP contribution < -0.4 is 0 Å². The summed E-state index contributed by atoms with van der Waals surface area (Å²) < 4.78 is 32.6. The van der Waals surface area contributed by atoms with Crippen molar-refractivity contribution in [1.82, 2.24) is 0 Å². The average molecular weight is 481 g/mol. The van der Waals surface area contributed by atoms with Crippen molar-refractivity contribution in [3.8, 4) is 0 Å². The second-order valence-corrected chi connectivity index (χ2v) is 11.0. The molecular formula is C26H37FO7. The lowest BCUT2D eigenvalue weighted by atomic mass is 9.44. The number of allylic oxidation sites excluding steroid dienone is 4. The fraction of sp³-hybridized carbons (Fsp3) is 0.769. The van der Waals surface area contributed by atoms with Gasteiger partial charge in [0, 0.05) is 23.9 Å². The fourth-order valence-electron chi connectivity index (χ4n) is 7.65. The Balaban J connectivity index is 1.59. The van der Waals surface area contributed by atoms with Gasteiger partial charge in [-0.05, 0) is 56.6 Å². The number of ether oxygens (including phenoxy) is 3. The van der Waals surface area contributed by atoms with Gasteiger partial charge >= 0.3 is 0 Å². The number of fused-ring (bicyclic) bond motifs is 5. The summed E-state index contributed by atoms with van der Waals surface area (Å²) in [5.74, 6) is -1.90. The van der Waals surface area contributed by atoms with Crippen molar-refractivity contribution in [3.63, 3.8) is 0 Å². The minimum atomic E-state index is -1.99. The van der Waals surface area contributed by atoms with Crippen LogP contribution in [0.2, 0.25) is 0 Å². The Morgan fingerprint density at radius 2 is 1.97 bits per heavy atom. The van der Waals surface area contributed by atoms with E-state index in [1.54, 1.807) is 20.1 Å². The lowest BCUT2D eigenvalue weighted by molar-refractivity contribution is -0.220. The van der Waals surface area contributed by atoms with Crippen LogP contribution in [0.15, 0.2) is 23.8 Å². The number of halogens is 1. The van der Waals surface area contributed by atoms with Gasteiger partial charge in [0.1, 0.15) is 19.0 Å². The number of carbonyl (C=O) groups is 2. The van der Waals surface area contributed by atoms with Gasteiger partial charge in [0.15, 0.2) is 17.2 Å². The fourth-order valence-corrected chi connectivity index (χ4v) is 7.65. The van der Waals surface area contributed by atoms with E-state index in [2.05, 4.69) is 0 Å². The SMILES string of the molecule is COCCOCOCC(=O)[C@@]1(O)[C@H](C)C[C@H]2[C@@H]3CCC4=CC(=O)C=C[C@]4(C)[C@@]3(F)[C@@H](O)C[C@@]21C. The Kier molecular flexibility index (Phi) is 6.70. The predicted molar refractivity (Wildman–Crippen MR) is 122 cm³/mol. The van der Waals surface area contributed by atoms with Crippen LogP contribution in [0.25, 0.3) is 0 Å². The van der Waals surface area contributed by atoms with E-state index in [1.807, 2.05) is 13.8 Å². The van der Waals surface area contributed by atoms with Crippen molar-refractivity contribution < 1.29 is 38.4 Å². The number of ketones is 2. The van der Waals surface area contributed by atoms with E-state index in [9.17, 15) is 19.8 Å². The molecular weight excluding hydrogens is 443 g/mol. The van der Waals surface area contributed by atoms with Gasteiger partial charge in [0.05, 0.1) is 19.3 Å². The lowest BCUT2D eigenvalue weighted by Gasteiger charge is -2.62. The largest absolute Gasteiger partial charge is 0.390 e. The molecule has 0 aromatic carbocycles. The van der Waals surface area contributed by atoms with Gasteiger partial charge in [0.2, 0.25) is 0 Å². The highest BCUT2D eigenvalue weighted by Crippen LogP contribution is 2.70. The first-order valence-corrected chi connectivity index (χ1v) is 12.2. The number of Topliss-reactive ketones (excluding diaryl/α,β-unsaturated/α-hetero) is 1. The molecule has 0 saturated heterocycles. The molecule has 0 amide bonds. The molecule has 7 nitrogen and oxygen atoms in total.